The lowest BCUT2D eigenvalue weighted by molar-refractivity contribution is -0.357. The van der Waals surface area contributed by atoms with Crippen molar-refractivity contribution in [2.24, 2.45) is 45.3 Å². The molecule has 0 spiro atoms. The first kappa shape index (κ1) is 52.9. The number of carboxylic acids is 1. The standard InChI is InChI=1S/C47H76O20/c1-21(2)8-7-14-47(61,42(60)67-40-35(56)33(54)31(52)26(19-49)64-40)23-11-16-44(4)22(23)9-10-27-43(3)15-13-29(46(6,41(58)59)28(43)12-17-45(27,44)5)65-38-36(57)37(24(50)20-62-38)66-39-34(55)32(53)30(51)25(18-48)63-39/h8,22-40,48-57,61H,7,9-20H2,1-6H3,(H,58,59)/t22-,23+,24+,25-,26-,27-,28-,29+,30-,31-,32+,33+,34-,35-,36-,37+,38+,39+,40+,43-,44-,45-,46-,47+/m1/s1. The molecule has 12 N–H and O–H groups in total. The average molecular weight is 961 g/mol. The third-order valence-electron chi connectivity index (χ3n) is 18.4. The molecule has 7 fully saturated rings. The van der Waals surface area contributed by atoms with Crippen LogP contribution in [0.2, 0.25) is 0 Å². The summed E-state index contributed by atoms with van der Waals surface area (Å²) >= 11 is 0. The summed E-state index contributed by atoms with van der Waals surface area (Å²) in [6.07, 6.45) is -17.1. The van der Waals surface area contributed by atoms with E-state index in [4.69, 9.17) is 28.4 Å². The quantitative estimate of drug-likeness (QED) is 0.0611. The van der Waals surface area contributed by atoms with E-state index in [-0.39, 0.29) is 30.1 Å². The van der Waals surface area contributed by atoms with Gasteiger partial charge in [0.15, 0.2) is 18.2 Å². The van der Waals surface area contributed by atoms with Gasteiger partial charge in [0.1, 0.15) is 67.1 Å². The van der Waals surface area contributed by atoms with Gasteiger partial charge in [-0.05, 0) is 119 Å². The number of aliphatic carboxylic acids is 1. The van der Waals surface area contributed by atoms with E-state index < -0.39 is 158 Å². The lowest BCUT2D eigenvalue weighted by atomic mass is 9.35. The van der Waals surface area contributed by atoms with E-state index >= 15 is 0 Å². The Morgan fingerprint density at radius 3 is 1.88 bits per heavy atom. The zero-order chi connectivity index (χ0) is 49.3. The van der Waals surface area contributed by atoms with Gasteiger partial charge in [0.2, 0.25) is 6.29 Å². The summed E-state index contributed by atoms with van der Waals surface area (Å²) in [6, 6.07) is 0. The van der Waals surface area contributed by atoms with Crippen molar-refractivity contribution in [2.45, 2.75) is 203 Å². The molecule has 4 aliphatic carbocycles. The number of hydrogen-bond donors (Lipinski definition) is 12. The number of aliphatic hydroxyl groups is 11. The highest BCUT2D eigenvalue weighted by Gasteiger charge is 2.72. The van der Waals surface area contributed by atoms with Crippen molar-refractivity contribution in [1.29, 1.82) is 0 Å². The van der Waals surface area contributed by atoms with Crippen molar-refractivity contribution in [3.63, 3.8) is 0 Å². The number of allylic oxidation sites excluding steroid dienone is 2. The Kier molecular flexibility index (Phi) is 15.4. The first-order valence-corrected chi connectivity index (χ1v) is 24.1. The van der Waals surface area contributed by atoms with Crippen LogP contribution >= 0.6 is 0 Å². The van der Waals surface area contributed by atoms with Gasteiger partial charge in [-0.15, -0.1) is 0 Å². The largest absolute Gasteiger partial charge is 0.481 e. The number of aliphatic hydroxyl groups excluding tert-OH is 10. The van der Waals surface area contributed by atoms with Gasteiger partial charge in [-0.3, -0.25) is 4.79 Å². The molecule has 0 bridgehead atoms. The molecular formula is C47H76O20. The Hall–Kier alpha value is -1.96. The molecule has 0 aromatic carbocycles. The predicted molar refractivity (Wildman–Crippen MR) is 230 cm³/mol. The van der Waals surface area contributed by atoms with Crippen LogP contribution in [0.15, 0.2) is 11.6 Å². The normalized spacial score (nSPS) is 50.8. The van der Waals surface area contributed by atoms with Crippen molar-refractivity contribution in [1.82, 2.24) is 0 Å². The molecule has 67 heavy (non-hydrogen) atoms. The van der Waals surface area contributed by atoms with Crippen LogP contribution in [0.5, 0.6) is 0 Å². The minimum absolute atomic E-state index is 0.00294. The molecule has 0 amide bonds. The van der Waals surface area contributed by atoms with Crippen LogP contribution in [-0.4, -0.2) is 191 Å². The van der Waals surface area contributed by atoms with E-state index in [9.17, 15) is 70.9 Å². The Bertz CT molecular complexity index is 1800. The maximum atomic E-state index is 14.4. The van der Waals surface area contributed by atoms with Gasteiger partial charge >= 0.3 is 11.9 Å². The van der Waals surface area contributed by atoms with E-state index in [0.29, 0.717) is 51.4 Å². The summed E-state index contributed by atoms with van der Waals surface area (Å²) in [5.74, 6) is -3.25. The molecule has 24 atom stereocenters. The fourth-order valence-electron chi connectivity index (χ4n) is 14.4. The summed E-state index contributed by atoms with van der Waals surface area (Å²) in [7, 11) is 0. The molecule has 3 heterocycles. The highest BCUT2D eigenvalue weighted by Crippen LogP contribution is 2.76. The molecule has 0 unspecified atom stereocenters. The van der Waals surface area contributed by atoms with Crippen molar-refractivity contribution in [2.75, 3.05) is 19.8 Å². The Labute approximate surface area is 390 Å². The fourth-order valence-corrected chi connectivity index (χ4v) is 14.4. The van der Waals surface area contributed by atoms with Gasteiger partial charge in [0, 0.05) is 5.92 Å². The maximum absolute atomic E-state index is 14.4. The van der Waals surface area contributed by atoms with Gasteiger partial charge in [-0.1, -0.05) is 32.4 Å². The number of carbonyl (C=O) groups excluding carboxylic acids is 1. The zero-order valence-corrected chi connectivity index (χ0v) is 39.4. The van der Waals surface area contributed by atoms with Crippen molar-refractivity contribution < 1.29 is 99.3 Å². The monoisotopic (exact) mass is 960 g/mol. The van der Waals surface area contributed by atoms with Crippen LogP contribution < -0.4 is 0 Å². The van der Waals surface area contributed by atoms with E-state index in [0.717, 1.165) is 5.57 Å². The molecule has 20 nitrogen and oxygen atoms in total. The molecule has 0 radical (unpaired) electrons. The summed E-state index contributed by atoms with van der Waals surface area (Å²) < 4.78 is 34.6. The first-order chi connectivity index (χ1) is 31.3. The molecule has 3 saturated heterocycles. The van der Waals surface area contributed by atoms with Gasteiger partial charge in [-0.25, -0.2) is 4.79 Å². The Balaban J connectivity index is 1.10. The number of ether oxygens (including phenoxy) is 6. The summed E-state index contributed by atoms with van der Waals surface area (Å²) in [4.78, 5) is 28.1. The van der Waals surface area contributed by atoms with Gasteiger partial charge in [-0.2, -0.15) is 0 Å². The van der Waals surface area contributed by atoms with Crippen LogP contribution in [0.3, 0.4) is 0 Å². The van der Waals surface area contributed by atoms with E-state index in [1.807, 2.05) is 19.9 Å². The first-order valence-electron chi connectivity index (χ1n) is 24.1. The summed E-state index contributed by atoms with van der Waals surface area (Å²) in [5, 5.41) is 128. The second-order valence-electron chi connectivity index (χ2n) is 22.0. The van der Waals surface area contributed by atoms with Crippen LogP contribution in [0.4, 0.5) is 0 Å². The van der Waals surface area contributed by atoms with E-state index in [2.05, 4.69) is 20.8 Å². The fraction of sp³-hybridized carbons (Fsp3) is 0.915. The molecule has 4 saturated carbocycles. The minimum Gasteiger partial charge on any atom is -0.481 e. The van der Waals surface area contributed by atoms with Crippen LogP contribution in [0.1, 0.15) is 106 Å². The zero-order valence-electron chi connectivity index (χ0n) is 39.4. The van der Waals surface area contributed by atoms with Crippen LogP contribution in [0, 0.1) is 45.3 Å². The number of hydrogen-bond acceptors (Lipinski definition) is 19. The van der Waals surface area contributed by atoms with E-state index in [1.165, 1.54) is 0 Å². The molecule has 20 heteroatoms. The third-order valence-corrected chi connectivity index (χ3v) is 18.4. The van der Waals surface area contributed by atoms with E-state index in [1.54, 1.807) is 6.92 Å². The number of carbonyl (C=O) groups is 2. The second-order valence-corrected chi connectivity index (χ2v) is 22.0. The molecule has 3 aliphatic heterocycles. The van der Waals surface area contributed by atoms with Crippen molar-refractivity contribution >= 4 is 11.9 Å². The summed E-state index contributed by atoms with van der Waals surface area (Å²) in [6.45, 7) is 10.3. The molecule has 384 valence electrons. The number of fused-ring (bicyclic) bond motifs is 5. The molecular weight excluding hydrogens is 884 g/mol. The summed E-state index contributed by atoms with van der Waals surface area (Å²) in [5.41, 5.74) is -3.87. The molecule has 7 aliphatic rings. The lowest BCUT2D eigenvalue weighted by Crippen LogP contribution is -2.67. The highest BCUT2D eigenvalue weighted by molar-refractivity contribution is 5.80. The minimum atomic E-state index is -2.05. The smallest absolute Gasteiger partial charge is 0.340 e. The second kappa shape index (κ2) is 19.6. The number of carboxylic acid groups (broad SMARTS) is 1. The topological polar surface area (TPSA) is 332 Å². The molecule has 7 rings (SSSR count). The lowest BCUT2D eigenvalue weighted by Gasteiger charge is -2.69. The predicted octanol–water partition coefficient (Wildman–Crippen LogP) is -0.795. The van der Waals surface area contributed by atoms with Gasteiger partial charge in [0.05, 0.1) is 31.3 Å². The third kappa shape index (κ3) is 8.73. The number of rotatable bonds is 13. The van der Waals surface area contributed by atoms with Gasteiger partial charge < -0.3 is 89.7 Å². The molecule has 0 aromatic heterocycles. The van der Waals surface area contributed by atoms with Crippen molar-refractivity contribution in [3.8, 4) is 0 Å². The van der Waals surface area contributed by atoms with Crippen LogP contribution in [-0.2, 0) is 38.0 Å². The SMILES string of the molecule is CC(C)=CCC[C@@](O)(C(=O)O[C@@H]1O[C@H](CO)[C@@H](O)[C@H](O)[C@H]1O)[C@H]1CC[C@]2(C)[C@@H]1CC[C@@H]1[C@@]3(C)CC[C@H](O[C@@H]4OC[C@H](O)[C@H](O[C@@H]5O[C@H](CO)[C@@H](O)[C@H](O)[C@H]5O)[C@H]4O)[C@](C)(C(=O)O)[C@@H]3CC[C@]12C. The average Bonchev–Trinajstić information content (AvgIpc) is 3.65. The van der Waals surface area contributed by atoms with Crippen LogP contribution in [0.25, 0.3) is 0 Å². The Morgan fingerprint density at radius 1 is 0.687 bits per heavy atom. The Morgan fingerprint density at radius 2 is 1.28 bits per heavy atom. The number of esters is 1. The molecule has 0 aromatic rings. The maximum Gasteiger partial charge on any atom is 0.340 e. The van der Waals surface area contributed by atoms with Crippen molar-refractivity contribution in [3.05, 3.63) is 11.6 Å². The van der Waals surface area contributed by atoms with Gasteiger partial charge in [0.25, 0.3) is 0 Å². The highest BCUT2D eigenvalue weighted by atomic mass is 16.7.